The van der Waals surface area contributed by atoms with Gasteiger partial charge in [0.1, 0.15) is 0 Å². The molecular weight excluding hydrogens is 366 g/mol. The number of nitro benzene ring substituents is 1. The number of hydrogen-bond donors (Lipinski definition) is 2. The number of aryl methyl sites for hydroxylation is 1. The molecule has 0 spiro atoms. The van der Waals surface area contributed by atoms with Crippen molar-refractivity contribution in [1.29, 1.82) is 0 Å². The van der Waals surface area contributed by atoms with Crippen molar-refractivity contribution in [2.75, 3.05) is 11.1 Å². The number of nitrogens with zero attached hydrogens (tertiary/aromatic N) is 1. The van der Waals surface area contributed by atoms with E-state index in [0.717, 1.165) is 0 Å². The minimum atomic E-state index is -0.484. The number of rotatable bonds is 7. The van der Waals surface area contributed by atoms with Gasteiger partial charge in [0.05, 0.1) is 16.2 Å². The third-order valence-corrected chi connectivity index (χ3v) is 4.68. The number of benzene rings is 2. The highest BCUT2D eigenvalue weighted by Crippen LogP contribution is 2.26. The highest BCUT2D eigenvalue weighted by Gasteiger charge is 2.16. The SMILES string of the molecule is Cc1ccc(NC(=O)c2ccccc2SCC(=O)NC(C)C)cc1[N+](=O)[O-]. The summed E-state index contributed by atoms with van der Waals surface area (Å²) in [7, 11) is 0. The zero-order valence-corrected chi connectivity index (χ0v) is 16.1. The number of nitrogens with one attached hydrogen (secondary N) is 2. The fraction of sp³-hybridized carbons (Fsp3) is 0.263. The maximum Gasteiger partial charge on any atom is 0.274 e. The van der Waals surface area contributed by atoms with Gasteiger partial charge in [-0.3, -0.25) is 19.7 Å². The van der Waals surface area contributed by atoms with Gasteiger partial charge in [0.25, 0.3) is 11.6 Å². The summed E-state index contributed by atoms with van der Waals surface area (Å²) in [5.41, 5.74) is 1.21. The Morgan fingerprint density at radius 1 is 1.19 bits per heavy atom. The highest BCUT2D eigenvalue weighted by atomic mass is 32.2. The minimum absolute atomic E-state index is 0.0500. The number of thioether (sulfide) groups is 1. The van der Waals surface area contributed by atoms with Crippen LogP contribution >= 0.6 is 11.8 Å². The topological polar surface area (TPSA) is 101 Å². The fourth-order valence-electron chi connectivity index (χ4n) is 2.37. The Kier molecular flexibility index (Phi) is 6.95. The molecule has 0 saturated carbocycles. The van der Waals surface area contributed by atoms with Crippen LogP contribution in [0.3, 0.4) is 0 Å². The molecule has 142 valence electrons. The van der Waals surface area contributed by atoms with Gasteiger partial charge in [-0.05, 0) is 39.0 Å². The molecule has 0 unspecified atom stereocenters. The van der Waals surface area contributed by atoms with Gasteiger partial charge < -0.3 is 10.6 Å². The number of amides is 2. The van der Waals surface area contributed by atoms with E-state index >= 15 is 0 Å². The Bertz CT molecular complexity index is 868. The van der Waals surface area contributed by atoms with Crippen LogP contribution in [0, 0.1) is 17.0 Å². The molecule has 2 aromatic carbocycles. The number of anilines is 1. The molecule has 2 amide bonds. The van der Waals surface area contributed by atoms with Crippen LogP contribution in [0.2, 0.25) is 0 Å². The van der Waals surface area contributed by atoms with E-state index in [1.807, 2.05) is 13.8 Å². The van der Waals surface area contributed by atoms with E-state index in [9.17, 15) is 19.7 Å². The van der Waals surface area contributed by atoms with Gasteiger partial charge in [-0.25, -0.2) is 0 Å². The summed E-state index contributed by atoms with van der Waals surface area (Å²) in [4.78, 5) is 35.7. The zero-order chi connectivity index (χ0) is 20.0. The van der Waals surface area contributed by atoms with Crippen molar-refractivity contribution in [3.05, 3.63) is 63.7 Å². The van der Waals surface area contributed by atoms with E-state index in [1.54, 1.807) is 43.3 Å². The molecule has 27 heavy (non-hydrogen) atoms. The summed E-state index contributed by atoms with van der Waals surface area (Å²) < 4.78 is 0. The van der Waals surface area contributed by atoms with E-state index < -0.39 is 4.92 Å². The van der Waals surface area contributed by atoms with E-state index in [-0.39, 0.29) is 29.3 Å². The molecule has 0 fully saturated rings. The number of carbonyl (C=O) groups is 2. The van der Waals surface area contributed by atoms with E-state index in [2.05, 4.69) is 10.6 Å². The second-order valence-corrected chi connectivity index (χ2v) is 7.24. The van der Waals surface area contributed by atoms with Crippen LogP contribution in [0.25, 0.3) is 0 Å². The molecule has 0 aliphatic carbocycles. The monoisotopic (exact) mass is 387 g/mol. The lowest BCUT2D eigenvalue weighted by Crippen LogP contribution is -2.31. The number of carbonyl (C=O) groups excluding carboxylic acids is 2. The van der Waals surface area contributed by atoms with Crippen LogP contribution in [0.15, 0.2) is 47.4 Å². The summed E-state index contributed by atoms with van der Waals surface area (Å²) in [5.74, 6) is -0.307. The predicted molar refractivity (Wildman–Crippen MR) is 106 cm³/mol. The van der Waals surface area contributed by atoms with Crippen molar-refractivity contribution < 1.29 is 14.5 Å². The lowest BCUT2D eigenvalue weighted by Gasteiger charge is -2.11. The third-order valence-electron chi connectivity index (χ3n) is 3.60. The molecular formula is C19H21N3O4S. The Morgan fingerprint density at radius 2 is 1.89 bits per heavy atom. The molecule has 0 aromatic heterocycles. The molecule has 0 heterocycles. The van der Waals surface area contributed by atoms with Crippen molar-refractivity contribution in [2.24, 2.45) is 0 Å². The van der Waals surface area contributed by atoms with Crippen molar-refractivity contribution >= 4 is 35.0 Å². The summed E-state index contributed by atoms with van der Waals surface area (Å²) in [6, 6.07) is 11.5. The first-order valence-electron chi connectivity index (χ1n) is 8.35. The maximum absolute atomic E-state index is 12.6. The fourth-order valence-corrected chi connectivity index (χ4v) is 3.23. The molecule has 0 radical (unpaired) electrons. The Morgan fingerprint density at radius 3 is 2.56 bits per heavy atom. The first kappa shape index (κ1) is 20.4. The van der Waals surface area contributed by atoms with Crippen LogP contribution in [0.1, 0.15) is 29.8 Å². The molecule has 2 rings (SSSR count). The average molecular weight is 387 g/mol. The van der Waals surface area contributed by atoms with Crippen molar-refractivity contribution in [2.45, 2.75) is 31.7 Å². The summed E-state index contributed by atoms with van der Waals surface area (Å²) in [6.07, 6.45) is 0. The number of hydrogen-bond acceptors (Lipinski definition) is 5. The van der Waals surface area contributed by atoms with Crippen molar-refractivity contribution in [1.82, 2.24) is 5.32 Å². The summed E-state index contributed by atoms with van der Waals surface area (Å²) in [6.45, 7) is 5.40. The molecule has 0 bridgehead atoms. The van der Waals surface area contributed by atoms with Gasteiger partial charge in [-0.1, -0.05) is 18.2 Å². The Balaban J connectivity index is 2.14. The minimum Gasteiger partial charge on any atom is -0.353 e. The molecule has 2 aromatic rings. The molecule has 0 aliphatic heterocycles. The molecule has 0 aliphatic rings. The largest absolute Gasteiger partial charge is 0.353 e. The van der Waals surface area contributed by atoms with Gasteiger partial charge in [-0.15, -0.1) is 11.8 Å². The van der Waals surface area contributed by atoms with Gasteiger partial charge in [0.2, 0.25) is 5.91 Å². The van der Waals surface area contributed by atoms with Gasteiger partial charge in [0.15, 0.2) is 0 Å². The molecule has 8 heteroatoms. The van der Waals surface area contributed by atoms with Crippen LogP contribution in [-0.2, 0) is 4.79 Å². The lowest BCUT2D eigenvalue weighted by molar-refractivity contribution is -0.385. The van der Waals surface area contributed by atoms with Crippen molar-refractivity contribution in [3.8, 4) is 0 Å². The second kappa shape index (κ2) is 9.18. The van der Waals surface area contributed by atoms with Crippen LogP contribution in [-0.4, -0.2) is 28.5 Å². The van der Waals surface area contributed by atoms with Crippen LogP contribution in [0.5, 0.6) is 0 Å². The second-order valence-electron chi connectivity index (χ2n) is 6.22. The molecule has 2 N–H and O–H groups in total. The van der Waals surface area contributed by atoms with Crippen LogP contribution < -0.4 is 10.6 Å². The van der Waals surface area contributed by atoms with Crippen LogP contribution in [0.4, 0.5) is 11.4 Å². The normalized spacial score (nSPS) is 10.5. The smallest absolute Gasteiger partial charge is 0.274 e. The lowest BCUT2D eigenvalue weighted by atomic mass is 10.1. The van der Waals surface area contributed by atoms with Gasteiger partial charge >= 0.3 is 0 Å². The van der Waals surface area contributed by atoms with Gasteiger partial charge in [0, 0.05) is 28.3 Å². The van der Waals surface area contributed by atoms with Gasteiger partial charge in [-0.2, -0.15) is 0 Å². The highest BCUT2D eigenvalue weighted by molar-refractivity contribution is 8.00. The quantitative estimate of drug-likeness (QED) is 0.428. The first-order chi connectivity index (χ1) is 12.8. The zero-order valence-electron chi connectivity index (χ0n) is 15.3. The summed E-state index contributed by atoms with van der Waals surface area (Å²) in [5, 5.41) is 16.5. The predicted octanol–water partition coefficient (Wildman–Crippen LogP) is 3.77. The molecule has 0 saturated heterocycles. The Labute approximate surface area is 161 Å². The maximum atomic E-state index is 12.6. The van der Waals surface area contributed by atoms with E-state index in [1.165, 1.54) is 17.8 Å². The standard InChI is InChI=1S/C19H21N3O4S/c1-12(2)20-18(23)11-27-17-7-5-4-6-15(17)19(24)21-14-9-8-13(3)16(10-14)22(25)26/h4-10,12H,11H2,1-3H3,(H,20,23)(H,21,24). The summed E-state index contributed by atoms with van der Waals surface area (Å²) >= 11 is 1.27. The third kappa shape index (κ3) is 5.82. The van der Waals surface area contributed by atoms with E-state index in [0.29, 0.717) is 21.7 Å². The molecule has 7 nitrogen and oxygen atoms in total. The Hall–Kier alpha value is -2.87. The molecule has 0 atom stereocenters. The van der Waals surface area contributed by atoms with E-state index in [4.69, 9.17) is 0 Å². The first-order valence-corrected chi connectivity index (χ1v) is 9.34. The van der Waals surface area contributed by atoms with Crippen molar-refractivity contribution in [3.63, 3.8) is 0 Å². The average Bonchev–Trinajstić information content (AvgIpc) is 2.61. The number of nitro groups is 1.